The molecule has 1 unspecified atom stereocenters. The molecule has 4 heteroatoms. The van der Waals surface area contributed by atoms with Crippen molar-refractivity contribution in [3.05, 3.63) is 16.1 Å². The Morgan fingerprint density at radius 1 is 1.64 bits per heavy atom. The molecular formula is C10H18N2OS. The Hall–Kier alpha value is -0.450. The molecule has 1 aromatic heterocycles. The Balaban J connectivity index is 2.69. The molecule has 3 N–H and O–H groups in total. The SMILES string of the molecule is CC(C)c1ncc(CC(C)(N)CO)s1. The van der Waals surface area contributed by atoms with Gasteiger partial charge in [-0.15, -0.1) is 11.3 Å². The highest BCUT2D eigenvalue weighted by Crippen LogP contribution is 2.23. The van der Waals surface area contributed by atoms with Crippen LogP contribution in [0.5, 0.6) is 0 Å². The number of aromatic nitrogens is 1. The van der Waals surface area contributed by atoms with Crippen LogP contribution >= 0.6 is 11.3 Å². The molecule has 0 bridgehead atoms. The van der Waals surface area contributed by atoms with Gasteiger partial charge in [-0.1, -0.05) is 13.8 Å². The van der Waals surface area contributed by atoms with E-state index in [0.717, 1.165) is 9.88 Å². The number of rotatable bonds is 4. The van der Waals surface area contributed by atoms with Gasteiger partial charge < -0.3 is 10.8 Å². The first kappa shape index (κ1) is 11.6. The zero-order valence-corrected chi connectivity index (χ0v) is 9.77. The van der Waals surface area contributed by atoms with E-state index in [-0.39, 0.29) is 6.61 Å². The summed E-state index contributed by atoms with van der Waals surface area (Å²) in [5, 5.41) is 10.2. The topological polar surface area (TPSA) is 59.1 Å². The lowest BCUT2D eigenvalue weighted by atomic mass is 10.0. The molecule has 0 radical (unpaired) electrons. The minimum absolute atomic E-state index is 0.00190. The maximum Gasteiger partial charge on any atom is 0.0953 e. The monoisotopic (exact) mass is 214 g/mol. The highest BCUT2D eigenvalue weighted by Gasteiger charge is 2.19. The van der Waals surface area contributed by atoms with Crippen LogP contribution in [0.25, 0.3) is 0 Å². The van der Waals surface area contributed by atoms with Crippen LogP contribution < -0.4 is 5.73 Å². The molecule has 0 aliphatic rings. The molecule has 1 atom stereocenters. The Bertz CT molecular complexity index is 294. The van der Waals surface area contributed by atoms with E-state index in [1.165, 1.54) is 0 Å². The molecule has 14 heavy (non-hydrogen) atoms. The molecular weight excluding hydrogens is 196 g/mol. The van der Waals surface area contributed by atoms with Crippen LogP contribution in [0.15, 0.2) is 6.20 Å². The van der Waals surface area contributed by atoms with E-state index >= 15 is 0 Å². The van der Waals surface area contributed by atoms with Gasteiger partial charge in [0.05, 0.1) is 11.6 Å². The van der Waals surface area contributed by atoms with Gasteiger partial charge in [0, 0.05) is 29.0 Å². The van der Waals surface area contributed by atoms with Crippen molar-refractivity contribution < 1.29 is 5.11 Å². The number of thiazole rings is 1. The molecule has 80 valence electrons. The van der Waals surface area contributed by atoms with E-state index in [0.29, 0.717) is 12.3 Å². The fourth-order valence-corrected chi connectivity index (χ4v) is 2.24. The summed E-state index contributed by atoms with van der Waals surface area (Å²) >= 11 is 1.68. The standard InChI is InChI=1S/C10H18N2OS/c1-7(2)9-12-5-8(14-9)4-10(3,11)6-13/h5,7,13H,4,6,11H2,1-3H3. The van der Waals surface area contributed by atoms with Crippen LogP contribution in [-0.4, -0.2) is 22.2 Å². The van der Waals surface area contributed by atoms with Gasteiger partial charge in [0.1, 0.15) is 0 Å². The fourth-order valence-electron chi connectivity index (χ4n) is 1.13. The fraction of sp³-hybridized carbons (Fsp3) is 0.700. The molecule has 0 aliphatic carbocycles. The molecule has 0 saturated carbocycles. The maximum absolute atomic E-state index is 9.03. The van der Waals surface area contributed by atoms with E-state index < -0.39 is 5.54 Å². The largest absolute Gasteiger partial charge is 0.394 e. The smallest absolute Gasteiger partial charge is 0.0953 e. The molecule has 3 nitrogen and oxygen atoms in total. The average Bonchev–Trinajstić information content (AvgIpc) is 2.52. The molecule has 1 heterocycles. The molecule has 0 spiro atoms. The number of nitrogens with two attached hydrogens (primary N) is 1. The van der Waals surface area contributed by atoms with Gasteiger partial charge in [0.2, 0.25) is 0 Å². The van der Waals surface area contributed by atoms with Crippen molar-refractivity contribution in [2.45, 2.75) is 38.6 Å². The van der Waals surface area contributed by atoms with E-state index in [9.17, 15) is 0 Å². The van der Waals surface area contributed by atoms with Crippen molar-refractivity contribution in [1.82, 2.24) is 4.98 Å². The van der Waals surface area contributed by atoms with Crippen LogP contribution in [0.4, 0.5) is 0 Å². The average molecular weight is 214 g/mol. The first-order valence-corrected chi connectivity index (χ1v) is 5.60. The maximum atomic E-state index is 9.03. The van der Waals surface area contributed by atoms with E-state index in [2.05, 4.69) is 18.8 Å². The minimum atomic E-state index is -0.527. The number of hydrogen-bond donors (Lipinski definition) is 2. The summed E-state index contributed by atoms with van der Waals surface area (Å²) in [4.78, 5) is 5.46. The third-order valence-electron chi connectivity index (χ3n) is 2.00. The van der Waals surface area contributed by atoms with Gasteiger partial charge in [0.15, 0.2) is 0 Å². The summed E-state index contributed by atoms with van der Waals surface area (Å²) in [5.74, 6) is 0.465. The second-order valence-electron chi connectivity index (χ2n) is 4.31. The van der Waals surface area contributed by atoms with E-state index in [4.69, 9.17) is 10.8 Å². The summed E-state index contributed by atoms with van der Waals surface area (Å²) < 4.78 is 0. The second kappa shape index (κ2) is 4.38. The first-order valence-electron chi connectivity index (χ1n) is 4.79. The van der Waals surface area contributed by atoms with E-state index in [1.54, 1.807) is 11.3 Å². The van der Waals surface area contributed by atoms with Crippen molar-refractivity contribution in [1.29, 1.82) is 0 Å². The van der Waals surface area contributed by atoms with Crippen molar-refractivity contribution in [2.24, 2.45) is 5.73 Å². The third kappa shape index (κ3) is 3.04. The Kier molecular flexibility index (Phi) is 3.64. The van der Waals surface area contributed by atoms with Crippen molar-refractivity contribution in [2.75, 3.05) is 6.61 Å². The number of nitrogens with zero attached hydrogens (tertiary/aromatic N) is 1. The number of aliphatic hydroxyl groups is 1. The number of aliphatic hydroxyl groups excluding tert-OH is 1. The molecule has 0 saturated heterocycles. The zero-order chi connectivity index (χ0) is 10.8. The Labute approximate surface area is 89.0 Å². The van der Waals surface area contributed by atoms with Gasteiger partial charge in [0.25, 0.3) is 0 Å². The normalized spacial score (nSPS) is 15.9. The lowest BCUT2D eigenvalue weighted by Crippen LogP contribution is -2.42. The summed E-state index contributed by atoms with van der Waals surface area (Å²) in [6.07, 6.45) is 2.55. The molecule has 0 amide bonds. The first-order chi connectivity index (χ1) is 6.44. The predicted octanol–water partition coefficient (Wildman–Crippen LogP) is 1.52. The summed E-state index contributed by atoms with van der Waals surface area (Å²) in [7, 11) is 0. The minimum Gasteiger partial charge on any atom is -0.394 e. The van der Waals surface area contributed by atoms with Crippen LogP contribution in [-0.2, 0) is 6.42 Å². The van der Waals surface area contributed by atoms with Crippen molar-refractivity contribution in [3.8, 4) is 0 Å². The Morgan fingerprint density at radius 2 is 2.29 bits per heavy atom. The summed E-state index contributed by atoms with van der Waals surface area (Å²) in [6, 6.07) is 0. The van der Waals surface area contributed by atoms with Crippen LogP contribution in [0, 0.1) is 0 Å². The van der Waals surface area contributed by atoms with Crippen molar-refractivity contribution >= 4 is 11.3 Å². The highest BCUT2D eigenvalue weighted by atomic mass is 32.1. The molecule has 0 aromatic carbocycles. The third-order valence-corrected chi connectivity index (χ3v) is 3.30. The van der Waals surface area contributed by atoms with E-state index in [1.807, 2.05) is 13.1 Å². The van der Waals surface area contributed by atoms with Gasteiger partial charge in [-0.05, 0) is 6.92 Å². The quantitative estimate of drug-likeness (QED) is 0.799. The number of hydrogen-bond acceptors (Lipinski definition) is 4. The highest BCUT2D eigenvalue weighted by molar-refractivity contribution is 7.11. The summed E-state index contributed by atoms with van der Waals surface area (Å²) in [6.45, 7) is 6.09. The van der Waals surface area contributed by atoms with Gasteiger partial charge >= 0.3 is 0 Å². The summed E-state index contributed by atoms with van der Waals surface area (Å²) in [5.41, 5.74) is 5.34. The predicted molar refractivity (Wildman–Crippen MR) is 59.6 cm³/mol. The van der Waals surface area contributed by atoms with Gasteiger partial charge in [-0.3, -0.25) is 0 Å². The lowest BCUT2D eigenvalue weighted by Gasteiger charge is -2.19. The molecule has 0 aliphatic heterocycles. The second-order valence-corrected chi connectivity index (χ2v) is 5.46. The van der Waals surface area contributed by atoms with Gasteiger partial charge in [-0.25, -0.2) is 4.98 Å². The van der Waals surface area contributed by atoms with Crippen LogP contribution in [0.2, 0.25) is 0 Å². The van der Waals surface area contributed by atoms with Crippen LogP contribution in [0.3, 0.4) is 0 Å². The molecule has 0 fully saturated rings. The molecule has 1 aromatic rings. The van der Waals surface area contributed by atoms with Crippen LogP contribution in [0.1, 0.15) is 36.6 Å². The van der Waals surface area contributed by atoms with Gasteiger partial charge in [-0.2, -0.15) is 0 Å². The lowest BCUT2D eigenvalue weighted by molar-refractivity contribution is 0.209. The Morgan fingerprint density at radius 3 is 2.71 bits per heavy atom. The van der Waals surface area contributed by atoms with Crippen molar-refractivity contribution in [3.63, 3.8) is 0 Å². The molecule has 1 rings (SSSR count). The zero-order valence-electron chi connectivity index (χ0n) is 8.95.